The van der Waals surface area contributed by atoms with E-state index in [1.807, 2.05) is 0 Å². The summed E-state index contributed by atoms with van der Waals surface area (Å²) in [6.07, 6.45) is -3.81. The van der Waals surface area contributed by atoms with E-state index in [2.05, 4.69) is 0 Å². The van der Waals surface area contributed by atoms with Gasteiger partial charge in [0.15, 0.2) is 0 Å². The number of hydrogen-bond acceptors (Lipinski definition) is 6. The third-order valence-electron chi connectivity index (χ3n) is 1.32. The Kier molecular flexibility index (Phi) is 55.3. The van der Waals surface area contributed by atoms with E-state index in [9.17, 15) is 20.4 Å². The first-order chi connectivity index (χ1) is 6.29. The first kappa shape index (κ1) is 36.2. The molecule has 0 aliphatic carbocycles. The minimum absolute atomic E-state index is 0. The Balaban J connectivity index is -0.0000000268. The monoisotopic (exact) mass is 322 g/mol. The van der Waals surface area contributed by atoms with E-state index in [0.717, 1.165) is 7.11 Å². The fourth-order valence-corrected chi connectivity index (χ4v) is 0. The van der Waals surface area contributed by atoms with E-state index in [1.54, 1.807) is 0 Å². The van der Waals surface area contributed by atoms with Gasteiger partial charge in [-0.2, -0.15) is 0 Å². The van der Waals surface area contributed by atoms with Crippen molar-refractivity contribution in [3.8, 4) is 0 Å². The van der Waals surface area contributed by atoms with Crippen LogP contribution in [0, 0.1) is 0 Å². The summed E-state index contributed by atoms with van der Waals surface area (Å²) in [4.78, 5) is 0. The van der Waals surface area contributed by atoms with Crippen molar-refractivity contribution in [3.05, 3.63) is 0 Å². The topological polar surface area (TPSA) is 142 Å². The van der Waals surface area contributed by atoms with Gasteiger partial charge < -0.3 is 31.0 Å². The molecule has 0 amide bonds. The van der Waals surface area contributed by atoms with Gasteiger partial charge >= 0.3 is 29.6 Å². The standard InChI is InChI=1S/2C4H8O2.CH4O.Ge.Na.H2O/c2*1-3(5)4(2)6;1-2;;;/h2*3-4H,1-2H3;2H,1H3;;;1H2/q2*-2;;;+1;/p-1. The molecule has 4 radical (unpaired) electrons. The second kappa shape index (κ2) is 26.0. The van der Waals surface area contributed by atoms with E-state index < -0.39 is 24.4 Å². The maximum Gasteiger partial charge on any atom is 1.00 e. The molecule has 0 aliphatic rings. The van der Waals surface area contributed by atoms with Gasteiger partial charge in [0.05, 0.1) is 0 Å². The summed E-state index contributed by atoms with van der Waals surface area (Å²) in [7, 11) is 1.00. The minimum Gasteiger partial charge on any atom is -0.870 e. The van der Waals surface area contributed by atoms with Crippen LogP contribution in [0.5, 0.6) is 0 Å². The molecule has 102 valence electrons. The minimum atomic E-state index is -0.954. The van der Waals surface area contributed by atoms with Gasteiger partial charge in [0.25, 0.3) is 0 Å². The van der Waals surface area contributed by atoms with Crippen molar-refractivity contribution in [2.75, 3.05) is 7.11 Å². The molecule has 0 aromatic rings. The third kappa shape index (κ3) is 46.8. The van der Waals surface area contributed by atoms with Crippen molar-refractivity contribution in [2.24, 2.45) is 0 Å². The number of rotatable bonds is 2. The van der Waals surface area contributed by atoms with Crippen LogP contribution >= 0.6 is 0 Å². The predicted octanol–water partition coefficient (Wildman–Crippen LogP) is -6.98. The molecule has 0 rings (SSSR count). The SMILES string of the molecule is CC([O-])C(C)[O-].CC([O-])C(C)[O-].CO.[Ge].[Na+].[OH-]. The molecule has 0 fully saturated rings. The molecule has 17 heavy (non-hydrogen) atoms. The molecule has 0 saturated carbocycles. The summed E-state index contributed by atoms with van der Waals surface area (Å²) in [6, 6.07) is 0. The maximum atomic E-state index is 9.91. The molecule has 0 saturated heterocycles. The molecule has 0 heterocycles. The van der Waals surface area contributed by atoms with Crippen LogP contribution in [0.2, 0.25) is 0 Å². The Bertz CT molecular complexity index is 79.5. The zero-order valence-electron chi connectivity index (χ0n) is 11.3. The summed E-state index contributed by atoms with van der Waals surface area (Å²) >= 11 is 0. The van der Waals surface area contributed by atoms with E-state index in [4.69, 9.17) is 5.11 Å². The van der Waals surface area contributed by atoms with Crippen molar-refractivity contribution >= 4 is 17.6 Å². The van der Waals surface area contributed by atoms with Crippen LogP contribution in [0.25, 0.3) is 0 Å². The second-order valence-electron chi connectivity index (χ2n) is 2.82. The van der Waals surface area contributed by atoms with Gasteiger partial charge in [0.2, 0.25) is 0 Å². The Morgan fingerprint density at radius 2 is 0.706 bits per heavy atom. The molecule has 0 spiro atoms. The normalized spacial score (nSPS) is 14.5. The molecule has 0 aromatic heterocycles. The van der Waals surface area contributed by atoms with Crippen molar-refractivity contribution in [1.29, 1.82) is 0 Å². The van der Waals surface area contributed by atoms with Crippen LogP contribution < -0.4 is 50.0 Å². The van der Waals surface area contributed by atoms with Crippen molar-refractivity contribution < 1.29 is 60.6 Å². The Morgan fingerprint density at radius 1 is 0.647 bits per heavy atom. The molecule has 0 aliphatic heterocycles. The van der Waals surface area contributed by atoms with E-state index in [0.29, 0.717) is 0 Å². The third-order valence-corrected chi connectivity index (χ3v) is 1.32. The Morgan fingerprint density at radius 3 is 0.706 bits per heavy atom. The smallest absolute Gasteiger partial charge is 0.870 e. The Hall–Kier alpha value is 1.30. The van der Waals surface area contributed by atoms with Crippen molar-refractivity contribution in [1.82, 2.24) is 0 Å². The molecular formula is C9H21GeNaO6-4. The molecule has 2 N–H and O–H groups in total. The van der Waals surface area contributed by atoms with Gasteiger partial charge in [0, 0.05) is 24.7 Å². The summed E-state index contributed by atoms with van der Waals surface area (Å²) in [5.74, 6) is 0. The van der Waals surface area contributed by atoms with Gasteiger partial charge in [-0.15, -0.1) is 24.4 Å². The average Bonchev–Trinajstić information content (AvgIpc) is 2.08. The van der Waals surface area contributed by atoms with Gasteiger partial charge in [-0.1, -0.05) is 27.7 Å². The van der Waals surface area contributed by atoms with Crippen LogP contribution in [0.3, 0.4) is 0 Å². The van der Waals surface area contributed by atoms with Gasteiger partial charge in [-0.3, -0.25) is 0 Å². The van der Waals surface area contributed by atoms with Crippen LogP contribution in [-0.2, 0) is 0 Å². The Labute approximate surface area is 137 Å². The van der Waals surface area contributed by atoms with E-state index >= 15 is 0 Å². The first-order valence-electron chi connectivity index (χ1n) is 4.37. The molecule has 4 atom stereocenters. The van der Waals surface area contributed by atoms with Crippen LogP contribution in [0.15, 0.2) is 0 Å². The summed E-state index contributed by atoms with van der Waals surface area (Å²) < 4.78 is 0. The maximum absolute atomic E-state index is 9.91. The first-order valence-corrected chi connectivity index (χ1v) is 4.37. The second-order valence-corrected chi connectivity index (χ2v) is 2.82. The van der Waals surface area contributed by atoms with Crippen LogP contribution in [0.1, 0.15) is 27.7 Å². The van der Waals surface area contributed by atoms with Gasteiger partial charge in [-0.25, -0.2) is 0 Å². The van der Waals surface area contributed by atoms with Crippen LogP contribution in [0.4, 0.5) is 0 Å². The summed E-state index contributed by atoms with van der Waals surface area (Å²) in [5.41, 5.74) is 0. The molecule has 0 aromatic carbocycles. The fraction of sp³-hybridized carbons (Fsp3) is 1.00. The van der Waals surface area contributed by atoms with Gasteiger partial charge in [0.1, 0.15) is 0 Å². The predicted molar refractivity (Wildman–Crippen MR) is 53.7 cm³/mol. The zero-order chi connectivity index (χ0) is 12.3. The summed E-state index contributed by atoms with van der Waals surface area (Å²) in [5, 5.41) is 46.7. The van der Waals surface area contributed by atoms with E-state index in [1.165, 1.54) is 27.7 Å². The molecule has 8 heteroatoms. The van der Waals surface area contributed by atoms with E-state index in [-0.39, 0.29) is 52.6 Å². The molecule has 6 nitrogen and oxygen atoms in total. The zero-order valence-corrected chi connectivity index (χ0v) is 15.4. The van der Waals surface area contributed by atoms with Crippen LogP contribution in [-0.4, -0.2) is 59.7 Å². The van der Waals surface area contributed by atoms with Crippen molar-refractivity contribution in [3.63, 3.8) is 0 Å². The average molecular weight is 321 g/mol. The number of hydrogen-bond donors (Lipinski definition) is 1. The number of aliphatic hydroxyl groups is 1. The van der Waals surface area contributed by atoms with Crippen molar-refractivity contribution in [2.45, 2.75) is 52.1 Å². The quantitative estimate of drug-likeness (QED) is 0.501. The molecule has 4 unspecified atom stereocenters. The fourth-order valence-electron chi connectivity index (χ4n) is 0. The van der Waals surface area contributed by atoms with Gasteiger partial charge in [-0.05, 0) is 0 Å². The molecular weight excluding hydrogens is 300 g/mol. The molecule has 0 bridgehead atoms. The largest absolute Gasteiger partial charge is 1.00 e. The summed E-state index contributed by atoms with van der Waals surface area (Å²) in [6.45, 7) is 5.49. The number of aliphatic hydroxyl groups excluding tert-OH is 1.